The van der Waals surface area contributed by atoms with Gasteiger partial charge in [0.15, 0.2) is 0 Å². The molecule has 0 radical (unpaired) electrons. The second-order valence-corrected chi connectivity index (χ2v) is 9.66. The quantitative estimate of drug-likeness (QED) is 0.522. The Bertz CT molecular complexity index is 989. The van der Waals surface area contributed by atoms with Crippen LogP contribution in [-0.2, 0) is 27.2 Å². The molecule has 32 heavy (non-hydrogen) atoms. The molecule has 0 spiro atoms. The number of anilines is 2. The summed E-state index contributed by atoms with van der Waals surface area (Å²) < 4.78 is 10.5. The van der Waals surface area contributed by atoms with Crippen LogP contribution >= 0.6 is 23.1 Å². The lowest BCUT2D eigenvalue weighted by atomic mass is 9.88. The van der Waals surface area contributed by atoms with E-state index in [9.17, 15) is 14.4 Å². The summed E-state index contributed by atoms with van der Waals surface area (Å²) in [6.45, 7) is 4.24. The Morgan fingerprint density at radius 2 is 1.88 bits per heavy atom. The van der Waals surface area contributed by atoms with Gasteiger partial charge < -0.3 is 20.1 Å². The topological polar surface area (TPSA) is 93.7 Å². The first-order valence-corrected chi connectivity index (χ1v) is 12.5. The molecule has 1 aromatic carbocycles. The number of carbonyl (C=O) groups is 3. The second-order valence-electron chi connectivity index (χ2n) is 7.57. The van der Waals surface area contributed by atoms with Crippen LogP contribution in [0.25, 0.3) is 0 Å². The molecule has 2 N–H and O–H groups in total. The average molecular weight is 477 g/mol. The van der Waals surface area contributed by atoms with Crippen LogP contribution in [0.4, 0.5) is 10.7 Å². The van der Waals surface area contributed by atoms with E-state index in [1.54, 1.807) is 25.1 Å². The highest BCUT2D eigenvalue weighted by Gasteiger charge is 2.29. The molecular formula is C23H28N2O5S2. The van der Waals surface area contributed by atoms with Gasteiger partial charge in [0.2, 0.25) is 11.8 Å². The summed E-state index contributed by atoms with van der Waals surface area (Å²) >= 11 is 2.66. The number of para-hydroxylation sites is 2. The molecule has 7 nitrogen and oxygen atoms in total. The fourth-order valence-electron chi connectivity index (χ4n) is 3.59. The highest BCUT2D eigenvalue weighted by Crippen LogP contribution is 2.40. The second kappa shape index (κ2) is 11.4. The van der Waals surface area contributed by atoms with Crippen LogP contribution < -0.4 is 15.4 Å². The highest BCUT2D eigenvalue weighted by molar-refractivity contribution is 8.00. The fraction of sp³-hybridized carbons (Fsp3) is 0.435. The van der Waals surface area contributed by atoms with E-state index in [2.05, 4.69) is 17.6 Å². The Labute approximate surface area is 196 Å². The zero-order valence-electron chi connectivity index (χ0n) is 18.5. The molecule has 1 atom stereocenters. The molecular weight excluding hydrogens is 448 g/mol. The molecule has 0 saturated carbocycles. The fourth-order valence-corrected chi connectivity index (χ4v) is 5.62. The molecule has 2 aromatic rings. The first kappa shape index (κ1) is 24.1. The van der Waals surface area contributed by atoms with Crippen LogP contribution in [0.15, 0.2) is 24.3 Å². The summed E-state index contributed by atoms with van der Waals surface area (Å²) in [5.74, 6) is 0.481. The normalized spacial score (nSPS) is 14.9. The third kappa shape index (κ3) is 6.04. The van der Waals surface area contributed by atoms with Crippen molar-refractivity contribution >= 4 is 51.6 Å². The van der Waals surface area contributed by atoms with Crippen molar-refractivity contribution in [2.45, 2.75) is 33.1 Å². The third-order valence-electron chi connectivity index (χ3n) is 5.09. The number of fused-ring (bicyclic) bond motifs is 1. The Morgan fingerprint density at radius 3 is 2.59 bits per heavy atom. The lowest BCUT2D eigenvalue weighted by Crippen LogP contribution is -2.20. The van der Waals surface area contributed by atoms with E-state index in [-0.39, 0.29) is 29.9 Å². The molecule has 172 valence electrons. The molecule has 1 heterocycles. The number of nitrogens with one attached hydrogen (secondary N) is 2. The Morgan fingerprint density at radius 1 is 1.16 bits per heavy atom. The number of carbonyl (C=O) groups excluding carboxylic acids is 3. The van der Waals surface area contributed by atoms with E-state index in [4.69, 9.17) is 9.47 Å². The highest BCUT2D eigenvalue weighted by atomic mass is 32.2. The maximum atomic E-state index is 12.6. The summed E-state index contributed by atoms with van der Waals surface area (Å²) in [5, 5.41) is 6.20. The Hall–Kier alpha value is -2.52. The minimum Gasteiger partial charge on any atom is -0.495 e. The number of thiophene rings is 1. The van der Waals surface area contributed by atoms with Crippen molar-refractivity contribution in [2.75, 3.05) is 35.9 Å². The van der Waals surface area contributed by atoms with Gasteiger partial charge in [-0.1, -0.05) is 19.1 Å². The lowest BCUT2D eigenvalue weighted by Gasteiger charge is -2.18. The van der Waals surface area contributed by atoms with E-state index in [1.165, 1.54) is 30.2 Å². The summed E-state index contributed by atoms with van der Waals surface area (Å²) in [6.07, 6.45) is 2.73. The van der Waals surface area contributed by atoms with Crippen LogP contribution in [0.3, 0.4) is 0 Å². The molecule has 0 fully saturated rings. The molecule has 1 aliphatic carbocycles. The zero-order valence-corrected chi connectivity index (χ0v) is 20.1. The van der Waals surface area contributed by atoms with Crippen LogP contribution in [0.1, 0.15) is 41.1 Å². The van der Waals surface area contributed by atoms with Crippen LogP contribution in [0.5, 0.6) is 5.75 Å². The summed E-state index contributed by atoms with van der Waals surface area (Å²) in [6, 6.07) is 7.14. The molecule has 0 aliphatic heterocycles. The van der Waals surface area contributed by atoms with Crippen molar-refractivity contribution in [1.29, 1.82) is 0 Å². The van der Waals surface area contributed by atoms with Gasteiger partial charge in [-0.2, -0.15) is 0 Å². The SMILES string of the molecule is CCOC(=O)c1c(NC(=O)CSCC(=O)Nc2ccccc2OC)sc2c1CCC(C)C2. The monoisotopic (exact) mass is 476 g/mol. The van der Waals surface area contributed by atoms with Crippen LogP contribution in [0, 0.1) is 5.92 Å². The third-order valence-corrected chi connectivity index (χ3v) is 7.19. The molecule has 3 rings (SSSR count). The van der Waals surface area contributed by atoms with E-state index >= 15 is 0 Å². The first-order valence-electron chi connectivity index (χ1n) is 10.5. The number of hydrogen-bond acceptors (Lipinski definition) is 7. The summed E-state index contributed by atoms with van der Waals surface area (Å²) in [7, 11) is 1.54. The van der Waals surface area contributed by atoms with Crippen molar-refractivity contribution in [3.63, 3.8) is 0 Å². The standard InChI is InChI=1S/C23H28N2O5S2/c1-4-30-23(28)21-15-10-9-14(2)11-18(15)32-22(21)25-20(27)13-31-12-19(26)24-16-7-5-6-8-17(16)29-3/h5-8,14H,4,9-13H2,1-3H3,(H,24,26)(H,25,27). The number of benzene rings is 1. The molecule has 0 bridgehead atoms. The van der Waals surface area contributed by atoms with Gasteiger partial charge in [-0.25, -0.2) is 4.79 Å². The van der Waals surface area contributed by atoms with Crippen molar-refractivity contribution in [1.82, 2.24) is 0 Å². The molecule has 1 aromatic heterocycles. The average Bonchev–Trinajstić information content (AvgIpc) is 3.10. The maximum absolute atomic E-state index is 12.6. The minimum absolute atomic E-state index is 0.0978. The Kier molecular flexibility index (Phi) is 8.58. The van der Waals surface area contributed by atoms with Crippen molar-refractivity contribution < 1.29 is 23.9 Å². The number of methoxy groups -OCH3 is 1. The molecule has 1 unspecified atom stereocenters. The number of thioether (sulfide) groups is 1. The van der Waals surface area contributed by atoms with E-state index in [0.29, 0.717) is 27.9 Å². The minimum atomic E-state index is -0.390. The molecule has 1 aliphatic rings. The molecule has 0 saturated heterocycles. The van der Waals surface area contributed by atoms with Crippen LogP contribution in [0.2, 0.25) is 0 Å². The van der Waals surface area contributed by atoms with Gasteiger partial charge in [-0.3, -0.25) is 9.59 Å². The van der Waals surface area contributed by atoms with Gasteiger partial charge in [-0.05, 0) is 49.8 Å². The van der Waals surface area contributed by atoms with E-state index < -0.39 is 5.97 Å². The van der Waals surface area contributed by atoms with Crippen molar-refractivity contribution in [2.24, 2.45) is 5.92 Å². The number of hydrogen-bond donors (Lipinski definition) is 2. The van der Waals surface area contributed by atoms with Gasteiger partial charge in [0.1, 0.15) is 10.8 Å². The molecule has 9 heteroatoms. The summed E-state index contributed by atoms with van der Waals surface area (Å²) in [4.78, 5) is 38.5. The number of ether oxygens (including phenoxy) is 2. The number of amides is 2. The first-order chi connectivity index (χ1) is 15.4. The van der Waals surface area contributed by atoms with Gasteiger partial charge in [0, 0.05) is 4.88 Å². The Balaban J connectivity index is 1.57. The lowest BCUT2D eigenvalue weighted by molar-refractivity contribution is -0.114. The predicted molar refractivity (Wildman–Crippen MR) is 129 cm³/mol. The van der Waals surface area contributed by atoms with Crippen molar-refractivity contribution in [3.8, 4) is 5.75 Å². The zero-order chi connectivity index (χ0) is 23.1. The molecule has 2 amide bonds. The van der Waals surface area contributed by atoms with Gasteiger partial charge >= 0.3 is 5.97 Å². The smallest absolute Gasteiger partial charge is 0.341 e. The van der Waals surface area contributed by atoms with E-state index in [0.717, 1.165) is 29.7 Å². The van der Waals surface area contributed by atoms with Gasteiger partial charge in [0.25, 0.3) is 0 Å². The van der Waals surface area contributed by atoms with E-state index in [1.807, 2.05) is 6.07 Å². The maximum Gasteiger partial charge on any atom is 0.341 e. The van der Waals surface area contributed by atoms with Crippen LogP contribution in [-0.4, -0.2) is 43.0 Å². The number of rotatable bonds is 9. The largest absolute Gasteiger partial charge is 0.495 e. The van der Waals surface area contributed by atoms with Gasteiger partial charge in [-0.15, -0.1) is 23.1 Å². The van der Waals surface area contributed by atoms with Gasteiger partial charge in [0.05, 0.1) is 36.5 Å². The predicted octanol–water partition coefficient (Wildman–Crippen LogP) is 4.37. The number of esters is 1. The summed E-state index contributed by atoms with van der Waals surface area (Å²) in [5.41, 5.74) is 2.08. The van der Waals surface area contributed by atoms with Crippen molar-refractivity contribution in [3.05, 3.63) is 40.3 Å².